The molecule has 0 unspecified atom stereocenters. The van der Waals surface area contributed by atoms with Crippen LogP contribution in [0.4, 0.5) is 0 Å². The Morgan fingerprint density at radius 1 is 0.314 bits per heavy atom. The molecule has 0 N–H and O–H groups in total. The lowest BCUT2D eigenvalue weighted by Gasteiger charge is -2.13. The van der Waals surface area contributed by atoms with E-state index >= 15 is 0 Å². The van der Waals surface area contributed by atoms with Gasteiger partial charge in [0.15, 0.2) is 17.5 Å². The molecule has 0 saturated heterocycles. The lowest BCUT2D eigenvalue weighted by Crippen LogP contribution is -2.01. The third kappa shape index (κ3) is 4.94. The summed E-state index contributed by atoms with van der Waals surface area (Å²) in [6, 6.07) is 60.9. The fraction of sp³-hybridized carbons (Fsp3) is 0. The van der Waals surface area contributed by atoms with Crippen LogP contribution in [0.2, 0.25) is 0 Å². The van der Waals surface area contributed by atoms with Crippen molar-refractivity contribution in [1.82, 2.24) is 24.5 Å². The number of hydrogen-bond donors (Lipinski definition) is 0. The molecule has 0 atom stereocenters. The van der Waals surface area contributed by atoms with E-state index in [0.29, 0.717) is 17.5 Å². The first-order valence-corrected chi connectivity index (χ1v) is 17.1. The highest BCUT2D eigenvalue weighted by Crippen LogP contribution is 2.37. The molecule has 10 rings (SSSR count). The molecule has 5 nitrogen and oxygen atoms in total. The van der Waals surface area contributed by atoms with Crippen molar-refractivity contribution in [1.29, 1.82) is 0 Å². The van der Waals surface area contributed by atoms with E-state index in [1.807, 2.05) is 54.6 Å². The molecule has 8 aromatic carbocycles. The molecule has 5 heteroatoms. The fourth-order valence-corrected chi connectivity index (χ4v) is 7.22. The lowest BCUT2D eigenvalue weighted by atomic mass is 9.93. The topological polar surface area (TPSA) is 56.5 Å². The molecule has 0 saturated carbocycles. The van der Waals surface area contributed by atoms with E-state index in [4.69, 9.17) is 19.9 Å². The lowest BCUT2D eigenvalue weighted by molar-refractivity contribution is 1.07. The fourth-order valence-electron chi connectivity index (χ4n) is 7.22. The third-order valence-electron chi connectivity index (χ3n) is 9.65. The second kappa shape index (κ2) is 11.9. The van der Waals surface area contributed by atoms with Crippen LogP contribution in [0.5, 0.6) is 0 Å². The van der Waals surface area contributed by atoms with Crippen LogP contribution in [0.15, 0.2) is 176 Å². The maximum Gasteiger partial charge on any atom is 0.164 e. The van der Waals surface area contributed by atoms with Crippen LogP contribution in [0.1, 0.15) is 0 Å². The van der Waals surface area contributed by atoms with Crippen LogP contribution in [0.3, 0.4) is 0 Å². The maximum absolute atomic E-state index is 5.11. The van der Waals surface area contributed by atoms with Crippen LogP contribution < -0.4 is 0 Å². The Morgan fingerprint density at radius 3 is 1.39 bits per heavy atom. The zero-order valence-corrected chi connectivity index (χ0v) is 27.5. The van der Waals surface area contributed by atoms with Crippen LogP contribution in [0, 0.1) is 0 Å². The number of aromatic nitrogens is 5. The van der Waals surface area contributed by atoms with Crippen molar-refractivity contribution >= 4 is 43.4 Å². The first kappa shape index (κ1) is 29.0. The molecule has 238 valence electrons. The molecular formula is C46H29N5. The van der Waals surface area contributed by atoms with Crippen LogP contribution in [0.25, 0.3) is 94.6 Å². The van der Waals surface area contributed by atoms with Gasteiger partial charge in [0, 0.05) is 27.9 Å². The summed E-state index contributed by atoms with van der Waals surface area (Å²) in [5.41, 5.74) is 6.86. The summed E-state index contributed by atoms with van der Waals surface area (Å²) >= 11 is 0. The Morgan fingerprint density at radius 2 is 0.765 bits per heavy atom. The van der Waals surface area contributed by atoms with Gasteiger partial charge < -0.3 is 0 Å². The number of nitrogens with zero attached hydrogens (tertiary/aromatic N) is 5. The Labute approximate surface area is 294 Å². The molecule has 2 heterocycles. The Hall–Kier alpha value is -6.98. The number of rotatable bonds is 5. The van der Waals surface area contributed by atoms with Crippen molar-refractivity contribution in [2.45, 2.75) is 0 Å². The Bertz CT molecular complexity index is 2860. The highest BCUT2D eigenvalue weighted by Gasteiger charge is 2.17. The Kier molecular flexibility index (Phi) is 6.74. The number of hydrogen-bond acceptors (Lipinski definition) is 4. The molecular weight excluding hydrogens is 623 g/mol. The predicted molar refractivity (Wildman–Crippen MR) is 209 cm³/mol. The van der Waals surface area contributed by atoms with Crippen molar-refractivity contribution in [3.63, 3.8) is 0 Å². The molecule has 0 amide bonds. The van der Waals surface area contributed by atoms with Gasteiger partial charge in [0.2, 0.25) is 0 Å². The van der Waals surface area contributed by atoms with Gasteiger partial charge in [-0.2, -0.15) is 0 Å². The minimum atomic E-state index is 0.618. The van der Waals surface area contributed by atoms with Crippen molar-refractivity contribution in [3.8, 4) is 51.2 Å². The largest absolute Gasteiger partial charge is 0.292 e. The minimum absolute atomic E-state index is 0.618. The second-order valence-corrected chi connectivity index (χ2v) is 12.7. The third-order valence-corrected chi connectivity index (χ3v) is 9.65. The van der Waals surface area contributed by atoms with Gasteiger partial charge in [-0.1, -0.05) is 133 Å². The quantitative estimate of drug-likeness (QED) is 0.174. The van der Waals surface area contributed by atoms with E-state index in [1.54, 1.807) is 0 Å². The van der Waals surface area contributed by atoms with E-state index in [1.165, 1.54) is 32.3 Å². The SMILES string of the molecule is c1ccc(-c2nc(-c3ccc(-n4c(-c5ccccc5)nc5ccccc54)cc3)nc(-c3ccc4c5ccccc5c5ccccc5c4c3)n2)cc1. The van der Waals surface area contributed by atoms with Crippen molar-refractivity contribution in [2.75, 3.05) is 0 Å². The molecule has 0 radical (unpaired) electrons. The summed E-state index contributed by atoms with van der Waals surface area (Å²) in [5, 5.41) is 7.33. The van der Waals surface area contributed by atoms with Gasteiger partial charge in [0.1, 0.15) is 5.82 Å². The molecule has 10 aromatic rings. The van der Waals surface area contributed by atoms with Crippen LogP contribution in [-0.2, 0) is 0 Å². The van der Waals surface area contributed by atoms with Crippen molar-refractivity contribution < 1.29 is 0 Å². The maximum atomic E-state index is 5.11. The molecule has 0 fully saturated rings. The van der Waals surface area contributed by atoms with Crippen LogP contribution >= 0.6 is 0 Å². The first-order chi connectivity index (χ1) is 25.3. The van der Waals surface area contributed by atoms with Crippen LogP contribution in [-0.4, -0.2) is 24.5 Å². The van der Waals surface area contributed by atoms with Gasteiger partial charge in [-0.15, -0.1) is 0 Å². The number of para-hydroxylation sites is 2. The predicted octanol–water partition coefficient (Wildman–Crippen LogP) is 11.3. The van der Waals surface area contributed by atoms with E-state index in [-0.39, 0.29) is 0 Å². The average molecular weight is 652 g/mol. The Balaban J connectivity index is 1.13. The summed E-state index contributed by atoms with van der Waals surface area (Å²) < 4.78 is 2.21. The van der Waals surface area contributed by atoms with Gasteiger partial charge in [0.25, 0.3) is 0 Å². The average Bonchev–Trinajstić information content (AvgIpc) is 3.61. The van der Waals surface area contributed by atoms with E-state index in [2.05, 4.69) is 126 Å². The van der Waals surface area contributed by atoms with Gasteiger partial charge in [-0.25, -0.2) is 19.9 Å². The number of imidazole rings is 1. The zero-order valence-electron chi connectivity index (χ0n) is 27.5. The van der Waals surface area contributed by atoms with E-state index < -0.39 is 0 Å². The monoisotopic (exact) mass is 651 g/mol. The van der Waals surface area contributed by atoms with Gasteiger partial charge in [0.05, 0.1) is 11.0 Å². The van der Waals surface area contributed by atoms with Gasteiger partial charge in [-0.05, 0) is 74.8 Å². The summed E-state index contributed by atoms with van der Waals surface area (Å²) in [5.74, 6) is 2.78. The summed E-state index contributed by atoms with van der Waals surface area (Å²) in [7, 11) is 0. The number of fused-ring (bicyclic) bond motifs is 7. The molecule has 0 bridgehead atoms. The zero-order chi connectivity index (χ0) is 33.7. The van der Waals surface area contributed by atoms with Crippen molar-refractivity contribution in [3.05, 3.63) is 176 Å². The standard InChI is InChI=1S/C46H29N5/c1-3-13-30(14-4-1)43-48-44(31-23-26-34(27-24-31)51-42-22-12-11-21-41(42)47-46(51)32-15-5-2-6-16-32)50-45(49-43)33-25-28-39-37-19-8-7-17-35(37)36-18-9-10-20-38(36)40(39)29-33/h1-29H. The summed E-state index contributed by atoms with van der Waals surface area (Å²) in [6.45, 7) is 0. The number of benzene rings is 8. The molecule has 0 aliphatic heterocycles. The van der Waals surface area contributed by atoms with Crippen molar-refractivity contribution in [2.24, 2.45) is 0 Å². The first-order valence-electron chi connectivity index (χ1n) is 17.1. The summed E-state index contributed by atoms with van der Waals surface area (Å²) in [4.78, 5) is 20.2. The molecule has 2 aromatic heterocycles. The van der Waals surface area contributed by atoms with Gasteiger partial charge >= 0.3 is 0 Å². The smallest absolute Gasteiger partial charge is 0.164 e. The van der Waals surface area contributed by atoms with E-state index in [9.17, 15) is 0 Å². The highest BCUT2D eigenvalue weighted by molar-refractivity contribution is 6.25. The molecule has 51 heavy (non-hydrogen) atoms. The van der Waals surface area contributed by atoms with E-state index in [0.717, 1.165) is 44.8 Å². The minimum Gasteiger partial charge on any atom is -0.292 e. The normalized spacial score (nSPS) is 11.5. The molecule has 0 spiro atoms. The molecule has 0 aliphatic rings. The second-order valence-electron chi connectivity index (χ2n) is 12.7. The highest BCUT2D eigenvalue weighted by atomic mass is 15.1. The summed E-state index contributed by atoms with van der Waals surface area (Å²) in [6.07, 6.45) is 0. The van der Waals surface area contributed by atoms with Gasteiger partial charge in [-0.3, -0.25) is 4.57 Å². The molecule has 0 aliphatic carbocycles.